The van der Waals surface area contributed by atoms with Gasteiger partial charge in [0, 0.05) is 56.4 Å². The number of benzene rings is 1. The van der Waals surface area contributed by atoms with Gasteiger partial charge in [0.1, 0.15) is 18.6 Å². The molecular formula is C28H45N5O3. The monoisotopic (exact) mass is 499 g/mol. The number of carbonyl (C=O) groups excluding carboxylic acids is 1. The van der Waals surface area contributed by atoms with E-state index in [-0.39, 0.29) is 5.41 Å². The van der Waals surface area contributed by atoms with Gasteiger partial charge in [0.15, 0.2) is 0 Å². The summed E-state index contributed by atoms with van der Waals surface area (Å²) in [6.45, 7) is 5.76. The maximum absolute atomic E-state index is 12.2. The number of rotatable bonds is 16. The summed E-state index contributed by atoms with van der Waals surface area (Å²) in [6, 6.07) is 8.23. The molecule has 8 heteroatoms. The second-order valence-electron chi connectivity index (χ2n) is 10.4. The first-order valence-electron chi connectivity index (χ1n) is 13.2. The molecule has 8 nitrogen and oxygen atoms in total. The summed E-state index contributed by atoms with van der Waals surface area (Å²) in [5.41, 5.74) is 3.50. The Morgan fingerprint density at radius 3 is 2.50 bits per heavy atom. The van der Waals surface area contributed by atoms with Crippen molar-refractivity contribution in [3.63, 3.8) is 0 Å². The molecule has 0 spiro atoms. The predicted molar refractivity (Wildman–Crippen MR) is 143 cm³/mol. The fourth-order valence-electron chi connectivity index (χ4n) is 5.11. The molecule has 1 fully saturated rings. The van der Waals surface area contributed by atoms with Crippen LogP contribution in [0.15, 0.2) is 30.5 Å². The molecule has 2 N–H and O–H groups in total. The van der Waals surface area contributed by atoms with Crippen molar-refractivity contribution in [1.29, 1.82) is 0 Å². The summed E-state index contributed by atoms with van der Waals surface area (Å²) in [6.07, 6.45) is 8.09. The van der Waals surface area contributed by atoms with Gasteiger partial charge in [-0.3, -0.25) is 5.10 Å². The molecule has 36 heavy (non-hydrogen) atoms. The second kappa shape index (κ2) is 14.5. The lowest BCUT2D eigenvalue weighted by molar-refractivity contribution is -0.118. The van der Waals surface area contributed by atoms with Gasteiger partial charge in [-0.25, -0.2) is 0 Å². The SMILES string of the molecule is CNCCN(C)Cc1c[nH]nc1[C@H]1CC[C@](C=O)(CCN(C)Cc2ccc(OCCOC)cc2)CC1. The number of nitrogens with zero attached hydrogens (tertiary/aromatic N) is 3. The highest BCUT2D eigenvalue weighted by atomic mass is 16.5. The molecule has 2 aromatic rings. The second-order valence-corrected chi connectivity index (χ2v) is 10.4. The number of hydrogen-bond acceptors (Lipinski definition) is 7. The van der Waals surface area contributed by atoms with E-state index in [0.29, 0.717) is 19.1 Å². The fourth-order valence-corrected chi connectivity index (χ4v) is 5.11. The van der Waals surface area contributed by atoms with Crippen LogP contribution in [0.5, 0.6) is 5.75 Å². The Hall–Kier alpha value is -2.26. The topological polar surface area (TPSA) is 82.7 Å². The molecule has 1 aliphatic rings. The minimum absolute atomic E-state index is 0.218. The highest BCUT2D eigenvalue weighted by Gasteiger charge is 2.36. The summed E-state index contributed by atoms with van der Waals surface area (Å²) in [5, 5.41) is 10.9. The van der Waals surface area contributed by atoms with Crippen LogP contribution in [-0.2, 0) is 22.6 Å². The number of ether oxygens (including phenoxy) is 2. The number of methoxy groups -OCH3 is 1. The summed E-state index contributed by atoms with van der Waals surface area (Å²) >= 11 is 0. The fraction of sp³-hybridized carbons (Fsp3) is 0.643. The zero-order valence-electron chi connectivity index (χ0n) is 22.6. The number of aldehydes is 1. The van der Waals surface area contributed by atoms with Crippen LogP contribution in [0.1, 0.15) is 54.8 Å². The number of aromatic nitrogens is 2. The molecule has 1 aromatic carbocycles. The lowest BCUT2D eigenvalue weighted by Crippen LogP contribution is -2.33. The largest absolute Gasteiger partial charge is 0.491 e. The van der Waals surface area contributed by atoms with E-state index in [1.54, 1.807) is 7.11 Å². The molecule has 0 saturated heterocycles. The maximum atomic E-state index is 12.2. The van der Waals surface area contributed by atoms with E-state index >= 15 is 0 Å². The van der Waals surface area contributed by atoms with Crippen LogP contribution in [0.4, 0.5) is 0 Å². The lowest BCUT2D eigenvalue weighted by Gasteiger charge is -2.37. The van der Waals surface area contributed by atoms with Crippen LogP contribution < -0.4 is 10.1 Å². The van der Waals surface area contributed by atoms with E-state index in [2.05, 4.69) is 51.5 Å². The van der Waals surface area contributed by atoms with Gasteiger partial charge in [-0.1, -0.05) is 12.1 Å². The lowest BCUT2D eigenvalue weighted by atomic mass is 9.68. The number of nitrogens with one attached hydrogen (secondary N) is 2. The molecule has 1 aromatic heterocycles. The summed E-state index contributed by atoms with van der Waals surface area (Å²) in [4.78, 5) is 16.9. The van der Waals surface area contributed by atoms with Gasteiger partial charge in [0.2, 0.25) is 0 Å². The molecule has 0 bridgehead atoms. The minimum Gasteiger partial charge on any atom is -0.491 e. The molecule has 0 atom stereocenters. The van der Waals surface area contributed by atoms with E-state index < -0.39 is 0 Å². The standard InChI is InChI=1S/C28H45N5O3/c1-29-14-16-33(3)21-25-19-30-31-27(25)24-9-11-28(22-34,12-10-24)13-15-32(2)20-23-5-7-26(8-6-23)36-18-17-35-4/h5-8,19,22,24,29H,9-18,20-21H2,1-4H3,(H,30,31)/t24-,28+. The van der Waals surface area contributed by atoms with Crippen molar-refractivity contribution in [3.8, 4) is 5.75 Å². The number of carbonyl (C=O) groups is 1. The Labute approximate surface area is 216 Å². The van der Waals surface area contributed by atoms with E-state index in [4.69, 9.17) is 9.47 Å². The average Bonchev–Trinajstić information content (AvgIpc) is 3.35. The minimum atomic E-state index is -0.218. The third kappa shape index (κ3) is 8.40. The number of likely N-dealkylation sites (N-methyl/N-ethyl adjacent to an activating group) is 2. The van der Waals surface area contributed by atoms with E-state index in [1.165, 1.54) is 23.1 Å². The van der Waals surface area contributed by atoms with E-state index in [0.717, 1.165) is 70.6 Å². The summed E-state index contributed by atoms with van der Waals surface area (Å²) < 4.78 is 10.7. The summed E-state index contributed by atoms with van der Waals surface area (Å²) in [7, 11) is 7.93. The molecule has 0 unspecified atom stereocenters. The number of hydrogen-bond donors (Lipinski definition) is 2. The Morgan fingerprint density at radius 1 is 1.11 bits per heavy atom. The van der Waals surface area contributed by atoms with Gasteiger partial charge in [-0.2, -0.15) is 5.10 Å². The zero-order valence-corrected chi connectivity index (χ0v) is 22.6. The van der Waals surface area contributed by atoms with Crippen molar-refractivity contribution in [2.75, 3.05) is 61.1 Å². The molecule has 0 amide bonds. The van der Waals surface area contributed by atoms with Crippen LogP contribution in [0.3, 0.4) is 0 Å². The Kier molecular flexibility index (Phi) is 11.4. The highest BCUT2D eigenvalue weighted by Crippen LogP contribution is 2.44. The Bertz CT molecular complexity index is 893. The predicted octanol–water partition coefficient (Wildman–Crippen LogP) is 3.45. The van der Waals surface area contributed by atoms with Crippen molar-refractivity contribution < 1.29 is 14.3 Å². The third-order valence-electron chi connectivity index (χ3n) is 7.48. The molecular weight excluding hydrogens is 454 g/mol. The van der Waals surface area contributed by atoms with Crippen molar-refractivity contribution in [2.24, 2.45) is 5.41 Å². The van der Waals surface area contributed by atoms with Gasteiger partial charge >= 0.3 is 0 Å². The first-order valence-corrected chi connectivity index (χ1v) is 13.2. The van der Waals surface area contributed by atoms with Crippen molar-refractivity contribution in [3.05, 3.63) is 47.3 Å². The van der Waals surface area contributed by atoms with Crippen LogP contribution in [0.2, 0.25) is 0 Å². The van der Waals surface area contributed by atoms with Gasteiger partial charge in [0.05, 0.1) is 12.3 Å². The van der Waals surface area contributed by atoms with Crippen molar-refractivity contribution in [1.82, 2.24) is 25.3 Å². The van der Waals surface area contributed by atoms with Crippen LogP contribution in [0, 0.1) is 5.41 Å². The van der Waals surface area contributed by atoms with Gasteiger partial charge < -0.3 is 29.4 Å². The number of aromatic amines is 1. The smallest absolute Gasteiger partial charge is 0.126 e. The molecule has 1 saturated carbocycles. The first kappa shape index (κ1) is 28.3. The molecule has 0 radical (unpaired) electrons. The highest BCUT2D eigenvalue weighted by molar-refractivity contribution is 5.59. The molecule has 200 valence electrons. The number of H-pyrrole nitrogens is 1. The Balaban J connectivity index is 1.46. The molecule has 1 heterocycles. The first-order chi connectivity index (χ1) is 17.5. The molecule has 1 aliphatic carbocycles. The van der Waals surface area contributed by atoms with Gasteiger partial charge in [-0.15, -0.1) is 0 Å². The van der Waals surface area contributed by atoms with Crippen LogP contribution >= 0.6 is 0 Å². The molecule has 3 rings (SSSR count). The van der Waals surface area contributed by atoms with E-state index in [9.17, 15) is 4.79 Å². The molecule has 0 aliphatic heterocycles. The zero-order chi connectivity index (χ0) is 25.8. The van der Waals surface area contributed by atoms with Crippen molar-refractivity contribution >= 4 is 6.29 Å². The van der Waals surface area contributed by atoms with Gasteiger partial charge in [0.25, 0.3) is 0 Å². The van der Waals surface area contributed by atoms with E-state index in [1.807, 2.05) is 25.4 Å². The average molecular weight is 500 g/mol. The normalized spacial score (nSPS) is 20.2. The summed E-state index contributed by atoms with van der Waals surface area (Å²) in [5.74, 6) is 1.29. The van der Waals surface area contributed by atoms with Gasteiger partial charge in [-0.05, 0) is 77.5 Å². The Morgan fingerprint density at radius 2 is 1.83 bits per heavy atom. The quantitative estimate of drug-likeness (QED) is 0.270. The van der Waals surface area contributed by atoms with Crippen molar-refractivity contribution in [2.45, 2.75) is 51.1 Å². The van der Waals surface area contributed by atoms with Crippen LogP contribution in [-0.4, -0.2) is 87.4 Å². The third-order valence-corrected chi connectivity index (χ3v) is 7.48. The van der Waals surface area contributed by atoms with Crippen LogP contribution in [0.25, 0.3) is 0 Å². The maximum Gasteiger partial charge on any atom is 0.126 e.